The molecule has 140 valence electrons. The fourth-order valence-corrected chi connectivity index (χ4v) is 5.38. The van der Waals surface area contributed by atoms with Crippen molar-refractivity contribution in [1.29, 1.82) is 0 Å². The SMILES string of the molecule is Cc1sc2ncnc(N3CCC(C(=O)N4CCCC(C)C4)CC3)c2c1C. The van der Waals surface area contributed by atoms with Crippen LogP contribution >= 0.6 is 11.3 Å². The summed E-state index contributed by atoms with van der Waals surface area (Å²) in [5.41, 5.74) is 1.29. The molecular weight excluding hydrogens is 344 g/mol. The molecule has 2 aromatic rings. The van der Waals surface area contributed by atoms with Crippen LogP contribution in [0.25, 0.3) is 10.2 Å². The number of likely N-dealkylation sites (tertiary alicyclic amines) is 1. The van der Waals surface area contributed by atoms with Gasteiger partial charge in [0.05, 0.1) is 5.39 Å². The molecule has 4 heterocycles. The van der Waals surface area contributed by atoms with E-state index in [2.05, 4.69) is 40.5 Å². The minimum atomic E-state index is 0.180. The predicted molar refractivity (Wildman–Crippen MR) is 107 cm³/mol. The van der Waals surface area contributed by atoms with E-state index < -0.39 is 0 Å². The molecule has 2 aliphatic rings. The van der Waals surface area contributed by atoms with Crippen LogP contribution in [0.1, 0.15) is 43.0 Å². The van der Waals surface area contributed by atoms with E-state index in [0.29, 0.717) is 11.8 Å². The van der Waals surface area contributed by atoms with Gasteiger partial charge in [-0.15, -0.1) is 11.3 Å². The molecule has 2 fully saturated rings. The monoisotopic (exact) mass is 372 g/mol. The molecule has 4 rings (SSSR count). The van der Waals surface area contributed by atoms with Gasteiger partial charge in [0.1, 0.15) is 17.0 Å². The van der Waals surface area contributed by atoms with Crippen molar-refractivity contribution in [3.05, 3.63) is 16.8 Å². The largest absolute Gasteiger partial charge is 0.356 e. The number of hydrogen-bond donors (Lipinski definition) is 0. The Bertz CT molecular complexity index is 809. The third-order valence-electron chi connectivity index (χ3n) is 6.06. The van der Waals surface area contributed by atoms with Gasteiger partial charge in [-0.05, 0) is 51.0 Å². The zero-order valence-corrected chi connectivity index (χ0v) is 16.8. The highest BCUT2D eigenvalue weighted by molar-refractivity contribution is 7.18. The number of nitrogens with zero attached hydrogens (tertiary/aromatic N) is 4. The van der Waals surface area contributed by atoms with Crippen molar-refractivity contribution in [3.8, 4) is 0 Å². The van der Waals surface area contributed by atoms with Gasteiger partial charge < -0.3 is 9.80 Å². The number of hydrogen-bond acceptors (Lipinski definition) is 5. The lowest BCUT2D eigenvalue weighted by atomic mass is 9.92. The maximum Gasteiger partial charge on any atom is 0.225 e. The van der Waals surface area contributed by atoms with Gasteiger partial charge in [0.25, 0.3) is 0 Å². The smallest absolute Gasteiger partial charge is 0.225 e. The van der Waals surface area contributed by atoms with Crippen molar-refractivity contribution < 1.29 is 4.79 Å². The molecule has 0 spiro atoms. The van der Waals surface area contributed by atoms with Crippen LogP contribution in [0.2, 0.25) is 0 Å². The molecule has 0 aromatic carbocycles. The second-order valence-electron chi connectivity index (χ2n) is 7.95. The summed E-state index contributed by atoms with van der Waals surface area (Å²) in [4.78, 5) is 28.8. The molecule has 2 aliphatic heterocycles. The zero-order valence-electron chi connectivity index (χ0n) is 16.0. The molecule has 2 saturated heterocycles. The lowest BCUT2D eigenvalue weighted by Crippen LogP contribution is -2.46. The Kier molecular flexibility index (Phi) is 4.86. The van der Waals surface area contributed by atoms with Crippen LogP contribution < -0.4 is 4.90 Å². The van der Waals surface area contributed by atoms with Gasteiger partial charge in [-0.25, -0.2) is 9.97 Å². The predicted octanol–water partition coefficient (Wildman–Crippen LogP) is 3.78. The molecule has 2 aromatic heterocycles. The van der Waals surface area contributed by atoms with Gasteiger partial charge in [0, 0.05) is 37.0 Å². The van der Waals surface area contributed by atoms with Crippen LogP contribution in [0.15, 0.2) is 6.33 Å². The standard InChI is InChI=1S/C20H28N4OS/c1-13-5-4-8-24(11-13)20(25)16-6-9-23(10-7-16)18-17-14(2)15(3)26-19(17)22-12-21-18/h12-13,16H,4-11H2,1-3H3. The lowest BCUT2D eigenvalue weighted by molar-refractivity contribution is -0.137. The second-order valence-corrected chi connectivity index (χ2v) is 9.16. The van der Waals surface area contributed by atoms with Crippen molar-refractivity contribution in [2.75, 3.05) is 31.1 Å². The van der Waals surface area contributed by atoms with Crippen LogP contribution in [-0.2, 0) is 4.79 Å². The molecule has 0 aliphatic carbocycles. The summed E-state index contributed by atoms with van der Waals surface area (Å²) in [6, 6.07) is 0. The van der Waals surface area contributed by atoms with Gasteiger partial charge in [-0.3, -0.25) is 4.79 Å². The zero-order chi connectivity index (χ0) is 18.3. The van der Waals surface area contributed by atoms with Crippen molar-refractivity contribution in [2.45, 2.75) is 46.5 Å². The first-order chi connectivity index (χ1) is 12.5. The number of piperidine rings is 2. The summed E-state index contributed by atoms with van der Waals surface area (Å²) in [6.07, 6.45) is 5.95. The van der Waals surface area contributed by atoms with Gasteiger partial charge in [-0.2, -0.15) is 0 Å². The quantitative estimate of drug-likeness (QED) is 0.805. The molecule has 6 heteroatoms. The number of aromatic nitrogens is 2. The first-order valence-electron chi connectivity index (χ1n) is 9.79. The number of aryl methyl sites for hydroxylation is 2. The number of thiophene rings is 1. The third-order valence-corrected chi connectivity index (χ3v) is 7.17. The van der Waals surface area contributed by atoms with Crippen LogP contribution in [0.4, 0.5) is 5.82 Å². The van der Waals surface area contributed by atoms with E-state index in [9.17, 15) is 4.79 Å². The Balaban J connectivity index is 1.46. The number of carbonyl (C=O) groups excluding carboxylic acids is 1. The summed E-state index contributed by atoms with van der Waals surface area (Å²) in [5.74, 6) is 2.26. The average molecular weight is 373 g/mol. The second kappa shape index (κ2) is 7.14. The number of rotatable bonds is 2. The number of anilines is 1. The van der Waals surface area contributed by atoms with Crippen molar-refractivity contribution in [2.24, 2.45) is 11.8 Å². The molecule has 1 unspecified atom stereocenters. The molecule has 0 saturated carbocycles. The molecule has 1 atom stereocenters. The normalized spacial score (nSPS) is 22.2. The maximum absolute atomic E-state index is 12.9. The van der Waals surface area contributed by atoms with Crippen LogP contribution in [0.5, 0.6) is 0 Å². The Labute approximate surface area is 159 Å². The van der Waals surface area contributed by atoms with Crippen molar-refractivity contribution in [1.82, 2.24) is 14.9 Å². The first kappa shape index (κ1) is 17.7. The highest BCUT2D eigenvalue weighted by atomic mass is 32.1. The van der Waals surface area contributed by atoms with Gasteiger partial charge in [0.2, 0.25) is 5.91 Å². The fourth-order valence-electron chi connectivity index (χ4n) is 4.39. The van der Waals surface area contributed by atoms with Crippen LogP contribution in [0.3, 0.4) is 0 Å². The fraction of sp³-hybridized carbons (Fsp3) is 0.650. The number of carbonyl (C=O) groups is 1. The average Bonchev–Trinajstić information content (AvgIpc) is 2.95. The molecule has 26 heavy (non-hydrogen) atoms. The molecular formula is C20H28N4OS. The lowest BCUT2D eigenvalue weighted by Gasteiger charge is -2.37. The highest BCUT2D eigenvalue weighted by Gasteiger charge is 2.31. The molecule has 5 nitrogen and oxygen atoms in total. The van der Waals surface area contributed by atoms with Gasteiger partial charge >= 0.3 is 0 Å². The van der Waals surface area contributed by atoms with Crippen LogP contribution in [-0.4, -0.2) is 47.0 Å². The Morgan fingerprint density at radius 1 is 1.15 bits per heavy atom. The van der Waals surface area contributed by atoms with E-state index in [4.69, 9.17) is 0 Å². The van der Waals surface area contributed by atoms with Crippen LogP contribution in [0, 0.1) is 25.7 Å². The summed E-state index contributed by atoms with van der Waals surface area (Å²) in [7, 11) is 0. The molecule has 1 amide bonds. The van der Waals surface area contributed by atoms with E-state index in [1.807, 2.05) is 0 Å². The molecule has 0 bridgehead atoms. The number of amides is 1. The van der Waals surface area contributed by atoms with E-state index in [-0.39, 0.29) is 5.92 Å². The topological polar surface area (TPSA) is 49.3 Å². The maximum atomic E-state index is 12.9. The van der Waals surface area contributed by atoms with E-state index >= 15 is 0 Å². The van der Waals surface area contributed by atoms with E-state index in [1.54, 1.807) is 17.7 Å². The molecule has 0 N–H and O–H groups in total. The van der Waals surface area contributed by atoms with E-state index in [1.165, 1.54) is 22.2 Å². The summed E-state index contributed by atoms with van der Waals surface area (Å²) >= 11 is 1.74. The molecule has 0 radical (unpaired) electrons. The Hall–Kier alpha value is -1.69. The minimum Gasteiger partial charge on any atom is -0.356 e. The highest BCUT2D eigenvalue weighted by Crippen LogP contribution is 2.36. The van der Waals surface area contributed by atoms with Gasteiger partial charge in [-0.1, -0.05) is 6.92 Å². The van der Waals surface area contributed by atoms with E-state index in [0.717, 1.165) is 56.1 Å². The summed E-state index contributed by atoms with van der Waals surface area (Å²) in [6.45, 7) is 10.3. The van der Waals surface area contributed by atoms with Gasteiger partial charge in [0.15, 0.2) is 0 Å². The third kappa shape index (κ3) is 3.20. The summed E-state index contributed by atoms with van der Waals surface area (Å²) in [5, 5.41) is 1.20. The minimum absolute atomic E-state index is 0.180. The van der Waals surface area contributed by atoms with Crippen molar-refractivity contribution in [3.63, 3.8) is 0 Å². The first-order valence-corrected chi connectivity index (χ1v) is 10.6. The summed E-state index contributed by atoms with van der Waals surface area (Å²) < 4.78 is 0. The number of fused-ring (bicyclic) bond motifs is 1. The Morgan fingerprint density at radius 3 is 2.65 bits per heavy atom. The Morgan fingerprint density at radius 2 is 1.92 bits per heavy atom. The van der Waals surface area contributed by atoms with Crippen molar-refractivity contribution >= 4 is 33.3 Å².